The van der Waals surface area contributed by atoms with Crippen molar-refractivity contribution >= 4 is 34.2 Å². The van der Waals surface area contributed by atoms with E-state index in [0.29, 0.717) is 11.7 Å². The van der Waals surface area contributed by atoms with Crippen LogP contribution in [0.5, 0.6) is 0 Å². The second-order valence-corrected chi connectivity index (χ2v) is 7.84. The average Bonchev–Trinajstić information content (AvgIpc) is 3.03. The topological polar surface area (TPSA) is 50.5 Å². The van der Waals surface area contributed by atoms with Crippen molar-refractivity contribution in [3.05, 3.63) is 35.9 Å². The number of carbonyl (C=O) groups excluding carboxylic acids is 1. The average molecular weight is 354 g/mol. The Kier molecular flexibility index (Phi) is 4.37. The van der Waals surface area contributed by atoms with Gasteiger partial charge in [0, 0.05) is 18.5 Å². The molecule has 1 atom stereocenters. The Balaban J connectivity index is 1.60. The predicted octanol–water partition coefficient (Wildman–Crippen LogP) is 3.54. The molecule has 25 heavy (non-hydrogen) atoms. The second kappa shape index (κ2) is 6.67. The number of aromatic nitrogens is 3. The zero-order chi connectivity index (χ0) is 17.4. The summed E-state index contributed by atoms with van der Waals surface area (Å²) in [6, 6.07) is 10.3. The van der Waals surface area contributed by atoms with Crippen molar-refractivity contribution in [2.45, 2.75) is 31.8 Å². The van der Waals surface area contributed by atoms with Crippen LogP contribution in [-0.4, -0.2) is 44.2 Å². The molecule has 1 aromatic carbocycles. The van der Waals surface area contributed by atoms with Crippen LogP contribution in [0.15, 0.2) is 35.5 Å². The van der Waals surface area contributed by atoms with Gasteiger partial charge >= 0.3 is 0 Å². The van der Waals surface area contributed by atoms with Crippen LogP contribution in [0, 0.1) is 12.8 Å². The van der Waals surface area contributed by atoms with Crippen molar-refractivity contribution in [1.82, 2.24) is 19.5 Å². The number of pyridine rings is 1. The van der Waals surface area contributed by atoms with Crippen LogP contribution >= 0.6 is 11.8 Å². The van der Waals surface area contributed by atoms with Gasteiger partial charge in [0.15, 0.2) is 10.8 Å². The molecule has 0 saturated carbocycles. The van der Waals surface area contributed by atoms with Gasteiger partial charge in [0.05, 0.1) is 11.3 Å². The lowest BCUT2D eigenvalue weighted by atomic mass is 10.0. The van der Waals surface area contributed by atoms with Gasteiger partial charge in [-0.05, 0) is 43.4 Å². The molecule has 0 bridgehead atoms. The summed E-state index contributed by atoms with van der Waals surface area (Å²) in [6.45, 7) is 6.06. The van der Waals surface area contributed by atoms with Gasteiger partial charge in [-0.15, -0.1) is 10.2 Å². The van der Waals surface area contributed by atoms with Crippen LogP contribution in [0.1, 0.15) is 25.3 Å². The lowest BCUT2D eigenvalue weighted by molar-refractivity contribution is -0.130. The number of rotatable bonds is 3. The summed E-state index contributed by atoms with van der Waals surface area (Å²) in [7, 11) is 0. The number of fused-ring (bicyclic) bond motifs is 3. The number of hydrogen-bond donors (Lipinski definition) is 0. The first-order valence-electron chi connectivity index (χ1n) is 8.77. The molecular formula is C19H22N4OS. The Bertz CT molecular complexity index is 936. The predicted molar refractivity (Wildman–Crippen MR) is 101 cm³/mol. The van der Waals surface area contributed by atoms with Crippen molar-refractivity contribution in [3.8, 4) is 0 Å². The van der Waals surface area contributed by atoms with E-state index in [0.717, 1.165) is 35.8 Å². The van der Waals surface area contributed by atoms with Gasteiger partial charge in [-0.2, -0.15) is 0 Å². The number of para-hydroxylation sites is 1. The van der Waals surface area contributed by atoms with Gasteiger partial charge in [-0.1, -0.05) is 36.9 Å². The summed E-state index contributed by atoms with van der Waals surface area (Å²) >= 11 is 1.48. The van der Waals surface area contributed by atoms with E-state index in [1.807, 2.05) is 23.1 Å². The minimum atomic E-state index is 0.199. The number of carbonyl (C=O) groups is 1. The molecule has 0 radical (unpaired) electrons. The Hall–Kier alpha value is -2.08. The van der Waals surface area contributed by atoms with Crippen molar-refractivity contribution in [2.24, 2.45) is 5.92 Å². The summed E-state index contributed by atoms with van der Waals surface area (Å²) in [5, 5.41) is 10.6. The van der Waals surface area contributed by atoms with E-state index in [4.69, 9.17) is 0 Å². The highest BCUT2D eigenvalue weighted by molar-refractivity contribution is 7.99. The molecule has 0 aliphatic carbocycles. The molecule has 5 nitrogen and oxygen atoms in total. The maximum Gasteiger partial charge on any atom is 0.233 e. The van der Waals surface area contributed by atoms with E-state index in [1.54, 1.807) is 0 Å². The normalized spacial score (nSPS) is 18.2. The van der Waals surface area contributed by atoms with Crippen molar-refractivity contribution in [1.29, 1.82) is 0 Å². The third-order valence-electron chi connectivity index (χ3n) is 4.91. The zero-order valence-corrected chi connectivity index (χ0v) is 15.4. The zero-order valence-electron chi connectivity index (χ0n) is 14.6. The minimum absolute atomic E-state index is 0.199. The molecule has 1 unspecified atom stereocenters. The molecule has 0 spiro atoms. The van der Waals surface area contributed by atoms with Crippen LogP contribution in [0.4, 0.5) is 0 Å². The molecule has 3 heterocycles. The number of thioether (sulfide) groups is 1. The molecule has 4 rings (SSSR count). The third-order valence-corrected chi connectivity index (χ3v) is 5.82. The lowest BCUT2D eigenvalue weighted by Gasteiger charge is -2.30. The number of likely N-dealkylation sites (tertiary alicyclic amines) is 1. The first kappa shape index (κ1) is 16.4. The quantitative estimate of drug-likeness (QED) is 0.675. The highest BCUT2D eigenvalue weighted by Crippen LogP contribution is 2.26. The fraction of sp³-hybridized carbons (Fsp3) is 0.421. The van der Waals surface area contributed by atoms with E-state index in [1.165, 1.54) is 29.1 Å². The van der Waals surface area contributed by atoms with Gasteiger partial charge < -0.3 is 4.90 Å². The van der Waals surface area contributed by atoms with Crippen molar-refractivity contribution < 1.29 is 4.79 Å². The monoisotopic (exact) mass is 354 g/mol. The van der Waals surface area contributed by atoms with Crippen LogP contribution in [0.2, 0.25) is 0 Å². The summed E-state index contributed by atoms with van der Waals surface area (Å²) in [4.78, 5) is 14.5. The van der Waals surface area contributed by atoms with E-state index in [2.05, 4.69) is 40.6 Å². The van der Waals surface area contributed by atoms with Crippen LogP contribution in [0.25, 0.3) is 16.6 Å². The summed E-state index contributed by atoms with van der Waals surface area (Å²) < 4.78 is 2.05. The molecule has 3 aromatic rings. The van der Waals surface area contributed by atoms with Gasteiger partial charge in [0.25, 0.3) is 0 Å². The second-order valence-electron chi connectivity index (χ2n) is 6.90. The summed E-state index contributed by atoms with van der Waals surface area (Å²) in [5.74, 6) is 1.21. The fourth-order valence-corrected chi connectivity index (χ4v) is 4.46. The molecular weight excluding hydrogens is 332 g/mol. The molecule has 1 aliphatic heterocycles. The van der Waals surface area contributed by atoms with Gasteiger partial charge in [0.1, 0.15) is 0 Å². The Morgan fingerprint density at radius 3 is 3.00 bits per heavy atom. The number of aryl methyl sites for hydroxylation is 1. The molecule has 1 aliphatic rings. The molecule has 130 valence electrons. The highest BCUT2D eigenvalue weighted by atomic mass is 32.2. The number of amides is 1. The van der Waals surface area contributed by atoms with E-state index < -0.39 is 0 Å². The molecule has 1 saturated heterocycles. The smallest absolute Gasteiger partial charge is 0.233 e. The first-order chi connectivity index (χ1) is 12.1. The summed E-state index contributed by atoms with van der Waals surface area (Å²) in [5.41, 5.74) is 3.10. The molecule has 1 fully saturated rings. The molecule has 1 amide bonds. The number of benzene rings is 1. The van der Waals surface area contributed by atoms with Crippen LogP contribution < -0.4 is 0 Å². The van der Waals surface area contributed by atoms with Crippen LogP contribution in [0.3, 0.4) is 0 Å². The van der Waals surface area contributed by atoms with E-state index in [-0.39, 0.29) is 5.91 Å². The number of hydrogen-bond acceptors (Lipinski definition) is 4. The molecule has 6 heteroatoms. The van der Waals surface area contributed by atoms with E-state index >= 15 is 0 Å². The minimum Gasteiger partial charge on any atom is -0.342 e. The van der Waals surface area contributed by atoms with Crippen molar-refractivity contribution in [3.63, 3.8) is 0 Å². The molecule has 2 aromatic heterocycles. The van der Waals surface area contributed by atoms with Gasteiger partial charge in [-0.3, -0.25) is 9.20 Å². The Morgan fingerprint density at radius 1 is 1.32 bits per heavy atom. The van der Waals surface area contributed by atoms with E-state index in [9.17, 15) is 4.79 Å². The maximum atomic E-state index is 12.5. The largest absolute Gasteiger partial charge is 0.342 e. The van der Waals surface area contributed by atoms with Gasteiger partial charge in [0.2, 0.25) is 5.91 Å². The molecule has 0 N–H and O–H groups in total. The summed E-state index contributed by atoms with van der Waals surface area (Å²) in [6.07, 6.45) is 2.33. The fourth-order valence-electron chi connectivity index (χ4n) is 3.60. The number of piperidine rings is 1. The SMILES string of the molecule is Cc1cc2nnc(SCC(=O)N3CCCC(C)C3)n2c2ccccc12. The third kappa shape index (κ3) is 3.11. The highest BCUT2D eigenvalue weighted by Gasteiger charge is 2.21. The standard InChI is InChI=1S/C19H22N4OS/c1-13-6-5-9-22(11-13)18(24)12-25-19-21-20-17-10-14(2)15-7-3-4-8-16(15)23(17)19/h3-4,7-8,10,13H,5-6,9,11-12H2,1-2H3. The first-order valence-corrected chi connectivity index (χ1v) is 9.76. The number of nitrogens with zero attached hydrogens (tertiary/aromatic N) is 4. The van der Waals surface area contributed by atoms with Crippen LogP contribution in [-0.2, 0) is 4.79 Å². The lowest BCUT2D eigenvalue weighted by Crippen LogP contribution is -2.40. The van der Waals surface area contributed by atoms with Crippen molar-refractivity contribution in [2.75, 3.05) is 18.8 Å². The van der Waals surface area contributed by atoms with Gasteiger partial charge in [-0.25, -0.2) is 0 Å². The maximum absolute atomic E-state index is 12.5. The Morgan fingerprint density at radius 2 is 2.16 bits per heavy atom. The Labute approximate surface area is 151 Å².